The normalized spacial score (nSPS) is 27.1. The van der Waals surface area contributed by atoms with Gasteiger partial charge in [0.15, 0.2) is 5.60 Å². The molecule has 8 nitrogen and oxygen atoms in total. The first kappa shape index (κ1) is 32.5. The van der Waals surface area contributed by atoms with E-state index < -0.39 is 35.3 Å². The van der Waals surface area contributed by atoms with Crippen LogP contribution in [0.15, 0.2) is 72.8 Å². The van der Waals surface area contributed by atoms with Crippen molar-refractivity contribution in [2.45, 2.75) is 89.4 Å². The third-order valence-electron chi connectivity index (χ3n) is 11.0. The molecule has 4 aliphatic heterocycles. The number of para-hydroxylation sites is 1. The van der Waals surface area contributed by atoms with E-state index >= 15 is 4.39 Å². The van der Waals surface area contributed by atoms with Gasteiger partial charge in [-0.1, -0.05) is 61.5 Å². The topological polar surface area (TPSA) is 90.4 Å². The third-order valence-corrected chi connectivity index (χ3v) is 11.0. The molecule has 4 aliphatic rings. The summed E-state index contributed by atoms with van der Waals surface area (Å²) in [5.41, 5.74) is 1.97. The van der Waals surface area contributed by atoms with Gasteiger partial charge in [-0.3, -0.25) is 14.4 Å². The Morgan fingerprint density at radius 2 is 1.77 bits per heavy atom. The average molecular weight is 654 g/mol. The van der Waals surface area contributed by atoms with Crippen LogP contribution in [0.2, 0.25) is 0 Å². The Kier molecular flexibility index (Phi) is 8.40. The van der Waals surface area contributed by atoms with Gasteiger partial charge in [-0.25, -0.2) is 4.39 Å². The molecule has 0 unspecified atom stereocenters. The first-order valence-electron chi connectivity index (χ1n) is 17.2. The van der Waals surface area contributed by atoms with Gasteiger partial charge in [0.05, 0.1) is 37.4 Å². The molecule has 252 valence electrons. The maximum absolute atomic E-state index is 16.3. The van der Waals surface area contributed by atoms with Gasteiger partial charge in [0.2, 0.25) is 11.8 Å². The quantitative estimate of drug-likeness (QED) is 0.355. The number of ether oxygens (including phenoxy) is 1. The molecular formula is C39H44FN3O5. The minimum absolute atomic E-state index is 0.104. The average Bonchev–Trinajstić information content (AvgIpc) is 3.50. The fraction of sp³-hybridized carbons (Fsp3) is 0.462. The predicted octanol–water partition coefficient (Wildman–Crippen LogP) is 5.68. The number of alkyl halides is 1. The second kappa shape index (κ2) is 12.4. The number of rotatable bonds is 7. The van der Waals surface area contributed by atoms with E-state index in [0.717, 1.165) is 35.2 Å². The monoisotopic (exact) mass is 653 g/mol. The lowest BCUT2D eigenvalue weighted by atomic mass is 9.71. The number of halogens is 1. The van der Waals surface area contributed by atoms with Crippen molar-refractivity contribution in [3.05, 3.63) is 95.1 Å². The number of aliphatic hydroxyl groups is 1. The number of amides is 3. The summed E-state index contributed by atoms with van der Waals surface area (Å²) in [6, 6.07) is 22.8. The smallest absolute Gasteiger partial charge is 0.264 e. The summed E-state index contributed by atoms with van der Waals surface area (Å²) < 4.78 is 23.1. The van der Waals surface area contributed by atoms with Crippen molar-refractivity contribution in [3.8, 4) is 0 Å². The standard InChI is InChI=1S/C39H44FN3O5/c1-25-36(38(2,3)40)33(21-35(46)42-23-28-13-5-4-12-27(28)20-30(42)24-44)48-39(25)31-15-6-7-16-32(31)43(37(39)47)22-26-11-10-14-29(19-26)41-18-9-8-17-34(41)45/h4-7,10-16,19,25,30,33,36,44H,8-9,17-18,20-24H2,1-3H3/t25-,30-,33+,36-,39+/m0/s1. The number of fused-ring (bicyclic) bond motifs is 3. The number of nitrogens with zero attached hydrogens (tertiary/aromatic N) is 3. The Balaban J connectivity index is 1.19. The summed E-state index contributed by atoms with van der Waals surface area (Å²) in [6.07, 6.45) is 1.94. The van der Waals surface area contributed by atoms with Crippen LogP contribution in [-0.2, 0) is 44.2 Å². The van der Waals surface area contributed by atoms with Crippen molar-refractivity contribution in [2.75, 3.05) is 23.0 Å². The molecule has 0 bridgehead atoms. The molecule has 2 saturated heterocycles. The van der Waals surface area contributed by atoms with E-state index in [0.29, 0.717) is 37.2 Å². The molecule has 5 atom stereocenters. The molecule has 48 heavy (non-hydrogen) atoms. The van der Waals surface area contributed by atoms with E-state index in [1.807, 2.05) is 84.6 Å². The van der Waals surface area contributed by atoms with Gasteiger partial charge in [0.1, 0.15) is 5.67 Å². The van der Waals surface area contributed by atoms with Crippen LogP contribution in [0.1, 0.15) is 68.7 Å². The Morgan fingerprint density at radius 3 is 2.52 bits per heavy atom. The fourth-order valence-electron chi connectivity index (χ4n) is 8.77. The van der Waals surface area contributed by atoms with Gasteiger partial charge in [-0.05, 0) is 68.0 Å². The van der Waals surface area contributed by atoms with E-state index in [1.54, 1.807) is 9.80 Å². The Morgan fingerprint density at radius 1 is 1.02 bits per heavy atom. The van der Waals surface area contributed by atoms with Gasteiger partial charge in [-0.15, -0.1) is 0 Å². The molecule has 1 spiro atoms. The molecule has 3 aromatic rings. The zero-order valence-electron chi connectivity index (χ0n) is 27.9. The Bertz CT molecular complexity index is 1740. The molecule has 3 amide bonds. The van der Waals surface area contributed by atoms with Gasteiger partial charge >= 0.3 is 0 Å². The van der Waals surface area contributed by atoms with Crippen LogP contribution >= 0.6 is 0 Å². The van der Waals surface area contributed by atoms with Crippen molar-refractivity contribution >= 4 is 29.1 Å². The molecular weight excluding hydrogens is 609 g/mol. The van der Waals surface area contributed by atoms with Gasteiger partial charge in [0, 0.05) is 42.6 Å². The van der Waals surface area contributed by atoms with Crippen LogP contribution in [0, 0.1) is 11.8 Å². The van der Waals surface area contributed by atoms with Crippen molar-refractivity contribution in [1.29, 1.82) is 0 Å². The zero-order chi connectivity index (χ0) is 33.8. The second-order valence-electron chi connectivity index (χ2n) is 14.4. The lowest BCUT2D eigenvalue weighted by Crippen LogP contribution is -2.48. The number of carbonyl (C=O) groups is 3. The maximum atomic E-state index is 16.3. The SMILES string of the molecule is C[C@H]1[C@H](C(C)(C)F)[C@@H](CC(=O)N2Cc3ccccc3C[C@H]2CO)O[C@]12C(=O)N(Cc1cccc(N3CCCCC3=O)c1)c1ccccc12. The highest BCUT2D eigenvalue weighted by atomic mass is 19.1. The first-order valence-corrected chi connectivity index (χ1v) is 17.2. The molecule has 1 N–H and O–H groups in total. The highest BCUT2D eigenvalue weighted by Gasteiger charge is 2.66. The van der Waals surface area contributed by atoms with Crippen LogP contribution in [0.4, 0.5) is 15.8 Å². The van der Waals surface area contributed by atoms with Gasteiger partial charge < -0.3 is 24.5 Å². The number of piperidine rings is 1. The molecule has 4 heterocycles. The molecule has 3 aromatic carbocycles. The molecule has 9 heteroatoms. The molecule has 0 saturated carbocycles. The minimum atomic E-state index is -1.75. The summed E-state index contributed by atoms with van der Waals surface area (Å²) in [5, 5.41) is 10.2. The van der Waals surface area contributed by atoms with E-state index in [2.05, 4.69) is 0 Å². The predicted molar refractivity (Wildman–Crippen MR) is 181 cm³/mol. The number of benzene rings is 3. The summed E-state index contributed by atoms with van der Waals surface area (Å²) in [5.74, 6) is -1.74. The van der Waals surface area contributed by atoms with Crippen molar-refractivity contribution in [2.24, 2.45) is 11.8 Å². The number of aliphatic hydroxyl groups excluding tert-OH is 1. The fourth-order valence-corrected chi connectivity index (χ4v) is 8.77. The molecule has 0 aromatic heterocycles. The van der Waals surface area contributed by atoms with Crippen LogP contribution in [-0.4, -0.2) is 58.7 Å². The lowest BCUT2D eigenvalue weighted by Gasteiger charge is -2.37. The Labute approximate surface area is 281 Å². The minimum Gasteiger partial charge on any atom is -0.394 e. The van der Waals surface area contributed by atoms with Crippen LogP contribution in [0.3, 0.4) is 0 Å². The maximum Gasteiger partial charge on any atom is 0.264 e. The molecule has 0 radical (unpaired) electrons. The first-order chi connectivity index (χ1) is 23.0. The highest BCUT2D eigenvalue weighted by molar-refractivity contribution is 6.07. The van der Waals surface area contributed by atoms with Crippen molar-refractivity contribution in [1.82, 2.24) is 4.90 Å². The second-order valence-corrected chi connectivity index (χ2v) is 14.4. The number of carbonyl (C=O) groups excluding carboxylic acids is 3. The molecule has 7 rings (SSSR count). The zero-order valence-corrected chi connectivity index (χ0v) is 27.9. The summed E-state index contributed by atoms with van der Waals surface area (Å²) in [4.78, 5) is 46.6. The van der Waals surface area contributed by atoms with E-state index in [4.69, 9.17) is 4.74 Å². The third kappa shape index (κ3) is 5.41. The van der Waals surface area contributed by atoms with Crippen LogP contribution in [0.5, 0.6) is 0 Å². The molecule has 2 fully saturated rings. The van der Waals surface area contributed by atoms with E-state index in [-0.39, 0.29) is 37.3 Å². The van der Waals surface area contributed by atoms with Gasteiger partial charge in [0.25, 0.3) is 5.91 Å². The number of anilines is 2. The number of hydrogen-bond donors (Lipinski definition) is 1. The summed E-state index contributed by atoms with van der Waals surface area (Å²) >= 11 is 0. The largest absolute Gasteiger partial charge is 0.394 e. The summed E-state index contributed by atoms with van der Waals surface area (Å²) in [6.45, 7) is 5.96. The van der Waals surface area contributed by atoms with Crippen molar-refractivity contribution in [3.63, 3.8) is 0 Å². The lowest BCUT2D eigenvalue weighted by molar-refractivity contribution is -0.151. The van der Waals surface area contributed by atoms with Crippen molar-refractivity contribution < 1.29 is 28.6 Å². The Hall–Kier alpha value is -4.08. The van der Waals surface area contributed by atoms with E-state index in [1.165, 1.54) is 13.8 Å². The van der Waals surface area contributed by atoms with E-state index in [9.17, 15) is 19.5 Å². The van der Waals surface area contributed by atoms with Crippen LogP contribution in [0.25, 0.3) is 0 Å². The number of hydrogen-bond acceptors (Lipinski definition) is 5. The molecule has 0 aliphatic carbocycles. The highest BCUT2D eigenvalue weighted by Crippen LogP contribution is 2.58. The van der Waals surface area contributed by atoms with Crippen LogP contribution < -0.4 is 9.80 Å². The summed E-state index contributed by atoms with van der Waals surface area (Å²) in [7, 11) is 0. The van der Waals surface area contributed by atoms with Gasteiger partial charge in [-0.2, -0.15) is 0 Å².